The molecule has 7 nitrogen and oxygen atoms in total. The summed E-state index contributed by atoms with van der Waals surface area (Å²) in [5.41, 5.74) is 4.92. The van der Waals surface area contributed by atoms with Crippen LogP contribution in [-0.4, -0.2) is 59.3 Å². The van der Waals surface area contributed by atoms with Gasteiger partial charge in [-0.25, -0.2) is 4.79 Å². The fraction of sp³-hybridized carbons (Fsp3) is 0.458. The van der Waals surface area contributed by atoms with Gasteiger partial charge in [-0.15, -0.1) is 0 Å². The van der Waals surface area contributed by atoms with E-state index in [1.54, 1.807) is 4.90 Å². The molecular formula is C24H32ClN3O4. The smallest absolute Gasteiger partial charge is 0.410 e. The first-order valence-corrected chi connectivity index (χ1v) is 11.1. The molecule has 1 aromatic heterocycles. The highest BCUT2D eigenvalue weighted by Gasteiger charge is 2.22. The molecule has 0 atom stereocenters. The number of carbonyl (C=O) groups excluding carboxylic acids is 1. The van der Waals surface area contributed by atoms with Crippen molar-refractivity contribution in [2.75, 3.05) is 26.2 Å². The van der Waals surface area contributed by atoms with E-state index in [1.165, 1.54) is 22.4 Å². The summed E-state index contributed by atoms with van der Waals surface area (Å²) < 4.78 is 5.24. The number of halogens is 1. The number of nitrogens with zero attached hydrogens (tertiary/aromatic N) is 2. The number of pyridine rings is 1. The molecular weight excluding hydrogens is 430 g/mol. The second-order valence-electron chi connectivity index (χ2n) is 8.52. The number of hydrogen-bond donors (Lipinski definition) is 2. The molecule has 1 aliphatic carbocycles. The molecule has 8 heteroatoms. The second-order valence-corrected chi connectivity index (χ2v) is 8.96. The number of carbonyl (C=O) groups is 2. The molecule has 174 valence electrons. The SMILES string of the molecule is CC(C)(C)OC(=O)N1CCNCC1.Clc1ccc2c(c1)CCc1cccnc1C2.O=CO. The fourth-order valence-corrected chi connectivity index (χ4v) is 3.68. The number of aromatic nitrogens is 1. The number of hydrogen-bond acceptors (Lipinski definition) is 5. The second kappa shape index (κ2) is 12.4. The molecule has 1 fully saturated rings. The van der Waals surface area contributed by atoms with Crippen molar-refractivity contribution in [3.05, 3.63) is 63.9 Å². The number of carboxylic acid groups (broad SMARTS) is 1. The summed E-state index contributed by atoms with van der Waals surface area (Å²) >= 11 is 6.03. The van der Waals surface area contributed by atoms with Crippen molar-refractivity contribution in [1.29, 1.82) is 0 Å². The molecule has 0 spiro atoms. The largest absolute Gasteiger partial charge is 0.483 e. The average Bonchev–Trinajstić information content (AvgIpc) is 2.93. The van der Waals surface area contributed by atoms with Crippen LogP contribution in [-0.2, 0) is 28.8 Å². The van der Waals surface area contributed by atoms with Crippen LogP contribution in [0.3, 0.4) is 0 Å². The number of piperazine rings is 1. The van der Waals surface area contributed by atoms with Gasteiger partial charge in [-0.1, -0.05) is 23.7 Å². The molecule has 1 saturated heterocycles. The third-order valence-corrected chi connectivity index (χ3v) is 5.18. The number of amides is 1. The lowest BCUT2D eigenvalue weighted by Crippen LogP contribution is -2.48. The minimum absolute atomic E-state index is 0.200. The minimum atomic E-state index is -0.387. The Labute approximate surface area is 194 Å². The lowest BCUT2D eigenvalue weighted by atomic mass is 10.0. The van der Waals surface area contributed by atoms with Gasteiger partial charge in [-0.3, -0.25) is 9.78 Å². The summed E-state index contributed by atoms with van der Waals surface area (Å²) in [6.45, 7) is 8.61. The molecule has 0 saturated carbocycles. The van der Waals surface area contributed by atoms with E-state index in [0.29, 0.717) is 0 Å². The van der Waals surface area contributed by atoms with Gasteiger partial charge in [0.2, 0.25) is 0 Å². The van der Waals surface area contributed by atoms with Crippen LogP contribution in [0.2, 0.25) is 5.02 Å². The third-order valence-electron chi connectivity index (χ3n) is 4.94. The van der Waals surface area contributed by atoms with Crippen molar-refractivity contribution >= 4 is 24.2 Å². The molecule has 1 amide bonds. The summed E-state index contributed by atoms with van der Waals surface area (Å²) in [6, 6.07) is 10.4. The first kappa shape index (κ1) is 25.6. The summed E-state index contributed by atoms with van der Waals surface area (Å²) in [4.78, 5) is 26.1. The number of benzene rings is 1. The molecule has 4 rings (SSSR count). The van der Waals surface area contributed by atoms with Crippen molar-refractivity contribution < 1.29 is 19.4 Å². The lowest BCUT2D eigenvalue weighted by molar-refractivity contribution is -0.122. The topological polar surface area (TPSA) is 91.8 Å². The van der Waals surface area contributed by atoms with Crippen molar-refractivity contribution in [1.82, 2.24) is 15.2 Å². The molecule has 2 aliphatic rings. The summed E-state index contributed by atoms with van der Waals surface area (Å²) in [5.74, 6) is 0. The van der Waals surface area contributed by atoms with Crippen LogP contribution >= 0.6 is 11.6 Å². The highest BCUT2D eigenvalue weighted by atomic mass is 35.5. The molecule has 2 aromatic rings. The normalized spacial score (nSPS) is 14.8. The predicted octanol–water partition coefficient (Wildman–Crippen LogP) is 3.95. The Morgan fingerprint density at radius 1 is 1.16 bits per heavy atom. The van der Waals surface area contributed by atoms with Crippen LogP contribution in [0.1, 0.15) is 43.2 Å². The molecule has 0 radical (unpaired) electrons. The Balaban J connectivity index is 0.000000207. The van der Waals surface area contributed by atoms with Gasteiger partial charge in [-0.05, 0) is 68.5 Å². The third kappa shape index (κ3) is 8.48. The van der Waals surface area contributed by atoms with Crippen molar-refractivity contribution in [2.45, 2.75) is 45.6 Å². The quantitative estimate of drug-likeness (QED) is 0.577. The highest BCUT2D eigenvalue weighted by molar-refractivity contribution is 6.30. The van der Waals surface area contributed by atoms with E-state index in [2.05, 4.69) is 28.5 Å². The first-order chi connectivity index (χ1) is 15.2. The maximum atomic E-state index is 11.5. The Hall–Kier alpha value is -2.64. The minimum Gasteiger partial charge on any atom is -0.483 e. The van der Waals surface area contributed by atoms with Crippen LogP contribution < -0.4 is 5.32 Å². The maximum absolute atomic E-state index is 11.5. The van der Waals surface area contributed by atoms with Crippen molar-refractivity contribution in [3.63, 3.8) is 0 Å². The summed E-state index contributed by atoms with van der Waals surface area (Å²) in [6.07, 6.45) is 4.74. The van der Waals surface area contributed by atoms with Gasteiger partial charge >= 0.3 is 6.09 Å². The number of rotatable bonds is 0. The van der Waals surface area contributed by atoms with E-state index >= 15 is 0 Å². The van der Waals surface area contributed by atoms with Crippen molar-refractivity contribution in [3.8, 4) is 0 Å². The monoisotopic (exact) mass is 461 g/mol. The first-order valence-electron chi connectivity index (χ1n) is 10.7. The average molecular weight is 462 g/mol. The molecule has 2 heterocycles. The van der Waals surface area contributed by atoms with E-state index in [-0.39, 0.29) is 18.2 Å². The van der Waals surface area contributed by atoms with Gasteiger partial charge in [-0.2, -0.15) is 0 Å². The van der Waals surface area contributed by atoms with E-state index in [9.17, 15) is 4.79 Å². The van der Waals surface area contributed by atoms with Crippen molar-refractivity contribution in [2.24, 2.45) is 0 Å². The Morgan fingerprint density at radius 2 is 1.81 bits per heavy atom. The molecule has 1 aliphatic heterocycles. The Kier molecular flexibility index (Phi) is 9.94. The summed E-state index contributed by atoms with van der Waals surface area (Å²) in [5, 5.41) is 10.9. The van der Waals surface area contributed by atoms with E-state index < -0.39 is 0 Å². The van der Waals surface area contributed by atoms with Gasteiger partial charge in [0, 0.05) is 49.5 Å². The van der Waals surface area contributed by atoms with Gasteiger partial charge in [0.25, 0.3) is 6.47 Å². The summed E-state index contributed by atoms with van der Waals surface area (Å²) in [7, 11) is 0. The van der Waals surface area contributed by atoms with E-state index in [0.717, 1.165) is 50.5 Å². The van der Waals surface area contributed by atoms with Crippen LogP contribution in [0.15, 0.2) is 36.5 Å². The zero-order valence-corrected chi connectivity index (χ0v) is 19.7. The number of fused-ring (bicyclic) bond motifs is 2. The van der Waals surface area contributed by atoms with Crippen LogP contribution in [0.25, 0.3) is 0 Å². The standard InChI is InChI=1S/C14H12ClN.C9H18N2O2.CH2O2/c15-13-6-5-12-9-14-10(2-1-7-16-14)3-4-11(12)8-13;1-9(2,3)13-8(12)11-6-4-10-5-7-11;2-1-3/h1-2,5-8H,3-4,9H2;10H,4-7H2,1-3H3;1H,(H,2,3). The van der Waals surface area contributed by atoms with Gasteiger partial charge in [0.1, 0.15) is 5.60 Å². The van der Waals surface area contributed by atoms with E-state index in [4.69, 9.17) is 26.2 Å². The molecule has 1 aromatic carbocycles. The molecule has 0 bridgehead atoms. The predicted molar refractivity (Wildman–Crippen MR) is 125 cm³/mol. The Morgan fingerprint density at radius 3 is 2.47 bits per heavy atom. The molecule has 2 N–H and O–H groups in total. The number of aryl methyl sites for hydroxylation is 2. The van der Waals surface area contributed by atoms with Gasteiger partial charge in [0.15, 0.2) is 0 Å². The zero-order valence-electron chi connectivity index (χ0n) is 18.9. The zero-order chi connectivity index (χ0) is 23.6. The highest BCUT2D eigenvalue weighted by Crippen LogP contribution is 2.25. The fourth-order valence-electron chi connectivity index (χ4n) is 3.48. The number of nitrogens with one attached hydrogen (secondary N) is 1. The van der Waals surface area contributed by atoms with Crippen LogP contribution in [0, 0.1) is 0 Å². The van der Waals surface area contributed by atoms with Gasteiger partial charge in [0.05, 0.1) is 0 Å². The lowest BCUT2D eigenvalue weighted by Gasteiger charge is -2.30. The van der Waals surface area contributed by atoms with Crippen LogP contribution in [0.5, 0.6) is 0 Å². The van der Waals surface area contributed by atoms with Gasteiger partial charge < -0.3 is 20.1 Å². The van der Waals surface area contributed by atoms with Crippen LogP contribution in [0.4, 0.5) is 4.79 Å². The maximum Gasteiger partial charge on any atom is 0.410 e. The number of ether oxygens (including phenoxy) is 1. The molecule has 0 unspecified atom stereocenters. The molecule has 32 heavy (non-hydrogen) atoms. The Bertz CT molecular complexity index is 893. The van der Waals surface area contributed by atoms with E-state index in [1.807, 2.05) is 39.1 Å².